The quantitative estimate of drug-likeness (QED) is 0.776. The van der Waals surface area contributed by atoms with Crippen molar-refractivity contribution >= 4 is 6.21 Å². The lowest BCUT2D eigenvalue weighted by molar-refractivity contribution is -0.222. The largest absolute Gasteiger partial charge is 0.422 e. The normalized spacial score (nSPS) is 20.4. The van der Waals surface area contributed by atoms with Gasteiger partial charge in [0.15, 0.2) is 5.60 Å². The highest BCUT2D eigenvalue weighted by atomic mass is 19.4. The number of hydrogen-bond acceptors (Lipinski definition) is 3. The minimum Gasteiger partial charge on any atom is -0.376 e. The molecular weight excluding hydrogens is 353 g/mol. The van der Waals surface area contributed by atoms with Crippen molar-refractivity contribution in [2.24, 2.45) is 5.10 Å². The van der Waals surface area contributed by atoms with Crippen molar-refractivity contribution in [3.8, 4) is 0 Å². The molecule has 3 rings (SSSR count). The highest BCUT2D eigenvalue weighted by molar-refractivity contribution is 5.68. The summed E-state index contributed by atoms with van der Waals surface area (Å²) in [5.74, 6) is -0.0112. The molecule has 0 radical (unpaired) electrons. The summed E-state index contributed by atoms with van der Waals surface area (Å²) in [5, 5.41) is 15.4. The topological polar surface area (TPSA) is 35.8 Å². The van der Waals surface area contributed by atoms with Crippen LogP contribution in [0.15, 0.2) is 65.8 Å². The van der Waals surface area contributed by atoms with Crippen molar-refractivity contribution in [1.29, 1.82) is 0 Å². The number of halogens is 3. The van der Waals surface area contributed by atoms with Gasteiger partial charge in [0, 0.05) is 12.5 Å². The fourth-order valence-electron chi connectivity index (χ4n) is 3.48. The van der Waals surface area contributed by atoms with Gasteiger partial charge in [0.05, 0.1) is 12.3 Å². The second-order valence-corrected chi connectivity index (χ2v) is 7.06. The van der Waals surface area contributed by atoms with Crippen molar-refractivity contribution in [3.05, 3.63) is 71.8 Å². The number of nitrogens with zero attached hydrogens (tertiary/aromatic N) is 2. The molecule has 2 unspecified atom stereocenters. The Labute approximate surface area is 157 Å². The van der Waals surface area contributed by atoms with Crippen molar-refractivity contribution < 1.29 is 18.3 Å². The molecule has 0 aliphatic carbocycles. The lowest BCUT2D eigenvalue weighted by Crippen LogP contribution is -2.44. The van der Waals surface area contributed by atoms with Gasteiger partial charge in [0.2, 0.25) is 0 Å². The van der Waals surface area contributed by atoms with Crippen LogP contribution in [0.5, 0.6) is 0 Å². The lowest BCUT2D eigenvalue weighted by Gasteiger charge is -2.31. The smallest absolute Gasteiger partial charge is 0.376 e. The molecule has 0 saturated carbocycles. The number of hydrogen-bond donors (Lipinski definition) is 1. The third-order valence-corrected chi connectivity index (χ3v) is 5.00. The SMILES string of the molecule is CC(O)(C=NN1CCCC1C(c1ccccc1)c1ccccc1)C(F)(F)F. The molecule has 1 N–H and O–H groups in total. The molecule has 144 valence electrons. The molecule has 0 amide bonds. The fraction of sp³-hybridized carbons (Fsp3) is 0.381. The van der Waals surface area contributed by atoms with Gasteiger partial charge in [-0.15, -0.1) is 0 Å². The zero-order valence-electron chi connectivity index (χ0n) is 15.1. The van der Waals surface area contributed by atoms with Gasteiger partial charge in [-0.1, -0.05) is 60.7 Å². The van der Waals surface area contributed by atoms with E-state index in [0.717, 1.165) is 24.0 Å². The molecule has 1 fully saturated rings. The van der Waals surface area contributed by atoms with Gasteiger partial charge in [-0.05, 0) is 30.9 Å². The molecule has 1 aliphatic heterocycles. The van der Waals surface area contributed by atoms with Crippen LogP contribution in [0.4, 0.5) is 13.2 Å². The van der Waals surface area contributed by atoms with E-state index in [1.165, 1.54) is 0 Å². The average Bonchev–Trinajstić information content (AvgIpc) is 3.09. The number of hydrazone groups is 1. The van der Waals surface area contributed by atoms with Gasteiger partial charge in [-0.25, -0.2) is 0 Å². The Morgan fingerprint density at radius 2 is 1.56 bits per heavy atom. The minimum absolute atomic E-state index is 0.0112. The van der Waals surface area contributed by atoms with Gasteiger partial charge >= 0.3 is 6.18 Å². The van der Waals surface area contributed by atoms with Gasteiger partial charge in [-0.2, -0.15) is 18.3 Å². The first kappa shape index (κ1) is 19.4. The highest BCUT2D eigenvalue weighted by Crippen LogP contribution is 2.37. The van der Waals surface area contributed by atoms with E-state index in [9.17, 15) is 18.3 Å². The summed E-state index contributed by atoms with van der Waals surface area (Å²) < 4.78 is 38.8. The van der Waals surface area contributed by atoms with Crippen LogP contribution in [-0.2, 0) is 0 Å². The summed E-state index contributed by atoms with van der Waals surface area (Å²) in [6.07, 6.45) is -2.49. The molecule has 6 heteroatoms. The molecule has 1 heterocycles. The molecule has 27 heavy (non-hydrogen) atoms. The molecule has 2 aromatic carbocycles. The van der Waals surface area contributed by atoms with Crippen LogP contribution in [0.2, 0.25) is 0 Å². The number of rotatable bonds is 5. The van der Waals surface area contributed by atoms with Crippen LogP contribution in [-0.4, -0.2) is 40.7 Å². The molecule has 2 atom stereocenters. The molecule has 3 nitrogen and oxygen atoms in total. The van der Waals surface area contributed by atoms with Crippen LogP contribution < -0.4 is 0 Å². The monoisotopic (exact) mass is 376 g/mol. The fourth-order valence-corrected chi connectivity index (χ4v) is 3.48. The number of benzene rings is 2. The van der Waals surface area contributed by atoms with E-state index in [4.69, 9.17) is 0 Å². The molecular formula is C21H23F3N2O. The Hall–Kier alpha value is -2.34. The molecule has 0 bridgehead atoms. The zero-order valence-corrected chi connectivity index (χ0v) is 15.1. The first-order chi connectivity index (χ1) is 12.8. The van der Waals surface area contributed by atoms with Crippen molar-refractivity contribution in [1.82, 2.24) is 5.01 Å². The number of alkyl halides is 3. The summed E-state index contributed by atoms with van der Waals surface area (Å²) in [6.45, 7) is 1.28. The number of aliphatic hydroxyl groups is 1. The molecule has 1 aliphatic rings. The van der Waals surface area contributed by atoms with E-state index in [2.05, 4.69) is 5.10 Å². The Morgan fingerprint density at radius 1 is 1.04 bits per heavy atom. The first-order valence-electron chi connectivity index (χ1n) is 9.00. The summed E-state index contributed by atoms with van der Waals surface area (Å²) in [5.41, 5.74) is -0.758. The van der Waals surface area contributed by atoms with Gasteiger partial charge < -0.3 is 5.11 Å². The van der Waals surface area contributed by atoms with E-state index in [0.29, 0.717) is 19.7 Å². The van der Waals surface area contributed by atoms with Crippen LogP contribution in [0.3, 0.4) is 0 Å². The maximum absolute atomic E-state index is 12.9. The summed E-state index contributed by atoms with van der Waals surface area (Å²) >= 11 is 0. The molecule has 2 aromatic rings. The Morgan fingerprint density at radius 3 is 2.04 bits per heavy atom. The summed E-state index contributed by atoms with van der Waals surface area (Å²) in [6, 6.07) is 19.8. The lowest BCUT2D eigenvalue weighted by atomic mass is 9.84. The molecule has 1 saturated heterocycles. The van der Waals surface area contributed by atoms with Gasteiger partial charge in [0.1, 0.15) is 0 Å². The predicted octanol–water partition coefficient (Wildman–Crippen LogP) is 4.58. The zero-order chi connectivity index (χ0) is 19.5. The van der Waals surface area contributed by atoms with Crippen molar-refractivity contribution in [2.45, 2.75) is 43.5 Å². The predicted molar refractivity (Wildman–Crippen MR) is 99.6 cm³/mol. The third-order valence-electron chi connectivity index (χ3n) is 5.00. The van der Waals surface area contributed by atoms with E-state index in [1.54, 1.807) is 5.01 Å². The highest BCUT2D eigenvalue weighted by Gasteiger charge is 2.49. The van der Waals surface area contributed by atoms with Crippen LogP contribution in [0, 0.1) is 0 Å². The van der Waals surface area contributed by atoms with E-state index >= 15 is 0 Å². The van der Waals surface area contributed by atoms with Crippen LogP contribution in [0.25, 0.3) is 0 Å². The molecule has 0 spiro atoms. The van der Waals surface area contributed by atoms with Crippen LogP contribution >= 0.6 is 0 Å². The Kier molecular flexibility index (Phi) is 5.56. The van der Waals surface area contributed by atoms with Crippen LogP contribution in [0.1, 0.15) is 36.8 Å². The maximum atomic E-state index is 12.9. The third kappa shape index (κ3) is 4.33. The molecule has 0 aromatic heterocycles. The first-order valence-corrected chi connectivity index (χ1v) is 9.00. The maximum Gasteiger partial charge on any atom is 0.422 e. The van der Waals surface area contributed by atoms with E-state index in [-0.39, 0.29) is 12.0 Å². The van der Waals surface area contributed by atoms with Gasteiger partial charge in [0.25, 0.3) is 0 Å². The average molecular weight is 376 g/mol. The van der Waals surface area contributed by atoms with E-state index < -0.39 is 11.8 Å². The minimum atomic E-state index is -4.76. The van der Waals surface area contributed by atoms with Gasteiger partial charge in [-0.3, -0.25) is 5.01 Å². The standard InChI is InChI=1S/C21H23F3N2O/c1-20(27,21(22,23)24)15-25-26-14-8-13-18(26)19(16-9-4-2-5-10-16)17-11-6-3-7-12-17/h2-7,9-12,15,18-19,27H,8,13-14H2,1H3. The van der Waals surface area contributed by atoms with Crippen molar-refractivity contribution in [3.63, 3.8) is 0 Å². The second kappa shape index (κ2) is 7.72. The summed E-state index contributed by atoms with van der Waals surface area (Å²) in [7, 11) is 0. The van der Waals surface area contributed by atoms with E-state index in [1.807, 2.05) is 60.7 Å². The second-order valence-electron chi connectivity index (χ2n) is 7.06. The Bertz CT molecular complexity index is 721. The van der Waals surface area contributed by atoms with Crippen molar-refractivity contribution in [2.75, 3.05) is 6.54 Å². The Balaban J connectivity index is 1.92. The summed E-state index contributed by atoms with van der Waals surface area (Å²) in [4.78, 5) is 0.